The SMILES string of the molecule is CCNCC1CCN(C(=O)c2ccc(O)cc2F)CC1. The largest absolute Gasteiger partial charge is 0.508 e. The van der Waals surface area contributed by atoms with Crippen LogP contribution in [0.15, 0.2) is 18.2 Å². The van der Waals surface area contributed by atoms with Gasteiger partial charge in [0.1, 0.15) is 11.6 Å². The summed E-state index contributed by atoms with van der Waals surface area (Å²) in [6, 6.07) is 3.66. The Morgan fingerprint density at radius 3 is 2.75 bits per heavy atom. The van der Waals surface area contributed by atoms with E-state index in [0.29, 0.717) is 19.0 Å². The van der Waals surface area contributed by atoms with Gasteiger partial charge in [0.05, 0.1) is 5.56 Å². The highest BCUT2D eigenvalue weighted by Gasteiger charge is 2.25. The van der Waals surface area contributed by atoms with E-state index < -0.39 is 5.82 Å². The number of phenolic OH excluding ortho intramolecular Hbond substituents is 1. The van der Waals surface area contributed by atoms with Crippen LogP contribution in [0.4, 0.5) is 4.39 Å². The summed E-state index contributed by atoms with van der Waals surface area (Å²) < 4.78 is 13.7. The van der Waals surface area contributed by atoms with E-state index in [0.717, 1.165) is 32.0 Å². The zero-order valence-electron chi connectivity index (χ0n) is 11.7. The molecule has 0 spiro atoms. The van der Waals surface area contributed by atoms with Gasteiger partial charge in [-0.3, -0.25) is 4.79 Å². The molecule has 0 aliphatic carbocycles. The maximum atomic E-state index is 13.7. The average molecular weight is 280 g/mol. The molecule has 4 nitrogen and oxygen atoms in total. The van der Waals surface area contributed by atoms with E-state index in [9.17, 15) is 14.3 Å². The second-order valence-electron chi connectivity index (χ2n) is 5.21. The monoisotopic (exact) mass is 280 g/mol. The molecule has 0 aromatic heterocycles. The van der Waals surface area contributed by atoms with Crippen molar-refractivity contribution in [1.29, 1.82) is 0 Å². The van der Waals surface area contributed by atoms with Gasteiger partial charge in [0.25, 0.3) is 5.91 Å². The fourth-order valence-electron chi connectivity index (χ4n) is 2.54. The molecule has 2 rings (SSSR count). The number of likely N-dealkylation sites (tertiary alicyclic amines) is 1. The molecular weight excluding hydrogens is 259 g/mol. The lowest BCUT2D eigenvalue weighted by Crippen LogP contribution is -2.41. The molecule has 0 radical (unpaired) electrons. The maximum absolute atomic E-state index is 13.7. The average Bonchev–Trinajstić information content (AvgIpc) is 2.45. The lowest BCUT2D eigenvalue weighted by atomic mass is 9.96. The van der Waals surface area contributed by atoms with Crippen molar-refractivity contribution in [3.63, 3.8) is 0 Å². The number of amides is 1. The molecule has 0 saturated carbocycles. The van der Waals surface area contributed by atoms with Gasteiger partial charge >= 0.3 is 0 Å². The molecule has 2 N–H and O–H groups in total. The lowest BCUT2D eigenvalue weighted by Gasteiger charge is -2.32. The van der Waals surface area contributed by atoms with Crippen molar-refractivity contribution < 1.29 is 14.3 Å². The Balaban J connectivity index is 1.94. The van der Waals surface area contributed by atoms with Gasteiger partial charge in [-0.15, -0.1) is 0 Å². The van der Waals surface area contributed by atoms with Crippen molar-refractivity contribution in [3.8, 4) is 5.75 Å². The van der Waals surface area contributed by atoms with E-state index in [1.54, 1.807) is 4.90 Å². The summed E-state index contributed by atoms with van der Waals surface area (Å²) in [5.41, 5.74) is 0.0351. The van der Waals surface area contributed by atoms with Crippen molar-refractivity contribution in [1.82, 2.24) is 10.2 Å². The first-order valence-electron chi connectivity index (χ1n) is 7.10. The molecule has 20 heavy (non-hydrogen) atoms. The molecule has 1 saturated heterocycles. The van der Waals surface area contributed by atoms with Crippen LogP contribution in [0.1, 0.15) is 30.1 Å². The smallest absolute Gasteiger partial charge is 0.256 e. The fraction of sp³-hybridized carbons (Fsp3) is 0.533. The van der Waals surface area contributed by atoms with E-state index in [2.05, 4.69) is 12.2 Å². The summed E-state index contributed by atoms with van der Waals surface area (Å²) in [7, 11) is 0. The second kappa shape index (κ2) is 6.70. The van der Waals surface area contributed by atoms with Crippen LogP contribution in [0.3, 0.4) is 0 Å². The van der Waals surface area contributed by atoms with Crippen LogP contribution in [-0.4, -0.2) is 42.1 Å². The number of rotatable bonds is 4. The number of phenols is 1. The van der Waals surface area contributed by atoms with Gasteiger partial charge in [-0.05, 0) is 44.0 Å². The molecule has 5 heteroatoms. The number of carbonyl (C=O) groups is 1. The van der Waals surface area contributed by atoms with Crippen LogP contribution < -0.4 is 5.32 Å². The molecule has 0 atom stereocenters. The van der Waals surface area contributed by atoms with Gasteiger partial charge in [0.15, 0.2) is 0 Å². The highest BCUT2D eigenvalue weighted by atomic mass is 19.1. The van der Waals surface area contributed by atoms with E-state index in [1.807, 2.05) is 0 Å². The van der Waals surface area contributed by atoms with Crippen molar-refractivity contribution >= 4 is 5.91 Å². The molecule has 0 bridgehead atoms. The standard InChI is InChI=1S/C15H21FN2O2/c1-2-17-10-11-5-7-18(8-6-11)15(20)13-4-3-12(19)9-14(13)16/h3-4,9,11,17,19H,2,5-8,10H2,1H3. The summed E-state index contributed by atoms with van der Waals surface area (Å²) in [5, 5.41) is 12.5. The third-order valence-corrected chi connectivity index (χ3v) is 3.77. The number of nitrogens with one attached hydrogen (secondary N) is 1. The minimum absolute atomic E-state index is 0.0351. The van der Waals surface area contributed by atoms with Crippen molar-refractivity contribution in [2.24, 2.45) is 5.92 Å². The third kappa shape index (κ3) is 3.48. The molecular formula is C15H21FN2O2. The van der Waals surface area contributed by atoms with Crippen LogP contribution in [0.2, 0.25) is 0 Å². The van der Waals surface area contributed by atoms with Crippen LogP contribution in [0.25, 0.3) is 0 Å². The van der Waals surface area contributed by atoms with Crippen LogP contribution >= 0.6 is 0 Å². The highest BCUT2D eigenvalue weighted by Crippen LogP contribution is 2.21. The minimum Gasteiger partial charge on any atom is -0.508 e. The number of nitrogens with zero attached hydrogens (tertiary/aromatic N) is 1. The Bertz CT molecular complexity index is 471. The zero-order valence-corrected chi connectivity index (χ0v) is 11.7. The van der Waals surface area contributed by atoms with Gasteiger partial charge in [-0.1, -0.05) is 6.92 Å². The molecule has 1 fully saturated rings. The number of hydrogen-bond donors (Lipinski definition) is 2. The van der Waals surface area contributed by atoms with Gasteiger partial charge < -0.3 is 15.3 Å². The first-order chi connectivity index (χ1) is 9.61. The fourth-order valence-corrected chi connectivity index (χ4v) is 2.54. The number of aromatic hydroxyl groups is 1. The van der Waals surface area contributed by atoms with Gasteiger partial charge in [0, 0.05) is 19.2 Å². The molecule has 0 unspecified atom stereocenters. The molecule has 1 aliphatic rings. The van der Waals surface area contributed by atoms with Gasteiger partial charge in [-0.25, -0.2) is 4.39 Å². The zero-order chi connectivity index (χ0) is 14.5. The topological polar surface area (TPSA) is 52.6 Å². The molecule has 1 aliphatic heterocycles. The third-order valence-electron chi connectivity index (χ3n) is 3.77. The molecule has 1 aromatic carbocycles. The van der Waals surface area contributed by atoms with Crippen molar-refractivity contribution in [3.05, 3.63) is 29.6 Å². The van der Waals surface area contributed by atoms with E-state index in [-0.39, 0.29) is 17.2 Å². The summed E-state index contributed by atoms with van der Waals surface area (Å²) in [6.45, 7) is 5.33. The Labute approximate surface area is 118 Å². The summed E-state index contributed by atoms with van der Waals surface area (Å²) in [5.74, 6) is -0.527. The van der Waals surface area contributed by atoms with Gasteiger partial charge in [-0.2, -0.15) is 0 Å². The quantitative estimate of drug-likeness (QED) is 0.887. The Morgan fingerprint density at radius 1 is 1.45 bits per heavy atom. The number of halogens is 1. The number of carbonyl (C=O) groups excluding carboxylic acids is 1. The number of piperidine rings is 1. The Morgan fingerprint density at radius 2 is 2.15 bits per heavy atom. The first kappa shape index (κ1) is 14.8. The minimum atomic E-state index is -0.662. The molecule has 1 amide bonds. The van der Waals surface area contributed by atoms with Crippen LogP contribution in [0, 0.1) is 11.7 Å². The normalized spacial score (nSPS) is 16.4. The second-order valence-corrected chi connectivity index (χ2v) is 5.21. The van der Waals surface area contributed by atoms with E-state index in [1.165, 1.54) is 12.1 Å². The maximum Gasteiger partial charge on any atom is 0.256 e. The number of benzene rings is 1. The van der Waals surface area contributed by atoms with E-state index in [4.69, 9.17) is 0 Å². The van der Waals surface area contributed by atoms with Crippen LogP contribution in [-0.2, 0) is 0 Å². The molecule has 1 aromatic rings. The van der Waals surface area contributed by atoms with Crippen molar-refractivity contribution in [2.75, 3.05) is 26.2 Å². The van der Waals surface area contributed by atoms with Crippen molar-refractivity contribution in [2.45, 2.75) is 19.8 Å². The Hall–Kier alpha value is -1.62. The molecule has 1 heterocycles. The van der Waals surface area contributed by atoms with Crippen LogP contribution in [0.5, 0.6) is 5.75 Å². The van der Waals surface area contributed by atoms with E-state index >= 15 is 0 Å². The predicted molar refractivity (Wildman–Crippen MR) is 75.2 cm³/mol. The Kier molecular flexibility index (Phi) is 4.95. The highest BCUT2D eigenvalue weighted by molar-refractivity contribution is 5.94. The summed E-state index contributed by atoms with van der Waals surface area (Å²) in [6.07, 6.45) is 1.89. The molecule has 110 valence electrons. The lowest BCUT2D eigenvalue weighted by molar-refractivity contribution is 0.0685. The summed E-state index contributed by atoms with van der Waals surface area (Å²) >= 11 is 0. The van der Waals surface area contributed by atoms with Gasteiger partial charge in [0.2, 0.25) is 0 Å². The number of hydrogen-bond acceptors (Lipinski definition) is 3. The summed E-state index contributed by atoms with van der Waals surface area (Å²) in [4.78, 5) is 13.9. The predicted octanol–water partition coefficient (Wildman–Crippen LogP) is 1.99. The first-order valence-corrected chi connectivity index (χ1v) is 7.10.